The first-order valence-corrected chi connectivity index (χ1v) is 7.85. The number of rotatable bonds is 10. The van der Waals surface area contributed by atoms with Crippen molar-refractivity contribution in [3.8, 4) is 5.75 Å². The van der Waals surface area contributed by atoms with Gasteiger partial charge in [0.05, 0.1) is 6.61 Å². The van der Waals surface area contributed by atoms with Crippen LogP contribution in [0.5, 0.6) is 5.75 Å². The maximum Gasteiger partial charge on any atom is 0.223 e. The maximum absolute atomic E-state index is 12.1. The molecule has 2 atom stereocenters. The van der Waals surface area contributed by atoms with Crippen LogP contribution < -0.4 is 15.8 Å². The number of ether oxygens (including phenoxy) is 1. The summed E-state index contributed by atoms with van der Waals surface area (Å²) in [6, 6.07) is 9.75. The first-order valence-electron chi connectivity index (χ1n) is 7.85. The van der Waals surface area contributed by atoms with E-state index in [2.05, 4.69) is 12.2 Å². The highest BCUT2D eigenvalue weighted by Gasteiger charge is 2.16. The van der Waals surface area contributed by atoms with Gasteiger partial charge >= 0.3 is 0 Å². The highest BCUT2D eigenvalue weighted by molar-refractivity contribution is 5.78. The number of carbonyl (C=O) groups excluding carboxylic acids is 1. The summed E-state index contributed by atoms with van der Waals surface area (Å²) >= 11 is 0. The molecule has 0 heterocycles. The van der Waals surface area contributed by atoms with Gasteiger partial charge in [0.25, 0.3) is 0 Å². The molecule has 0 spiro atoms. The Morgan fingerprint density at radius 1 is 1.29 bits per heavy atom. The van der Waals surface area contributed by atoms with Crippen LogP contribution in [0.1, 0.15) is 39.5 Å². The number of hydrogen-bond donors (Lipinski definition) is 2. The van der Waals surface area contributed by atoms with Crippen LogP contribution in [0.25, 0.3) is 0 Å². The zero-order valence-corrected chi connectivity index (χ0v) is 13.2. The van der Waals surface area contributed by atoms with Crippen molar-refractivity contribution in [3.63, 3.8) is 0 Å². The predicted molar refractivity (Wildman–Crippen MR) is 86.2 cm³/mol. The van der Waals surface area contributed by atoms with E-state index in [1.54, 1.807) is 0 Å². The lowest BCUT2D eigenvalue weighted by Crippen LogP contribution is -2.42. The van der Waals surface area contributed by atoms with Crippen LogP contribution in [-0.4, -0.2) is 25.1 Å². The molecular formula is C17H28N2O2. The van der Waals surface area contributed by atoms with E-state index in [0.717, 1.165) is 25.0 Å². The molecule has 0 aromatic heterocycles. The van der Waals surface area contributed by atoms with Crippen LogP contribution in [-0.2, 0) is 4.79 Å². The number of unbranched alkanes of at least 4 members (excludes halogenated alkanes) is 1. The van der Waals surface area contributed by atoms with Crippen molar-refractivity contribution in [2.75, 3.05) is 13.2 Å². The van der Waals surface area contributed by atoms with Gasteiger partial charge in [0.2, 0.25) is 5.91 Å². The third-order valence-corrected chi connectivity index (χ3v) is 3.55. The summed E-state index contributed by atoms with van der Waals surface area (Å²) in [5.41, 5.74) is 5.70. The van der Waals surface area contributed by atoms with E-state index in [-0.39, 0.29) is 17.9 Å². The van der Waals surface area contributed by atoms with Gasteiger partial charge in [-0.05, 0) is 25.0 Å². The molecular weight excluding hydrogens is 264 g/mol. The van der Waals surface area contributed by atoms with E-state index in [4.69, 9.17) is 10.5 Å². The molecule has 2 unspecified atom stereocenters. The van der Waals surface area contributed by atoms with Gasteiger partial charge in [0.1, 0.15) is 5.75 Å². The molecule has 118 valence electrons. The largest absolute Gasteiger partial charge is 0.494 e. The molecule has 0 aliphatic carbocycles. The monoisotopic (exact) mass is 292 g/mol. The Labute approximate surface area is 128 Å². The number of hydrogen-bond acceptors (Lipinski definition) is 3. The molecule has 0 fully saturated rings. The Hall–Kier alpha value is -1.55. The number of amides is 1. The second kappa shape index (κ2) is 10.2. The van der Waals surface area contributed by atoms with Crippen LogP contribution in [0.15, 0.2) is 30.3 Å². The topological polar surface area (TPSA) is 64.3 Å². The summed E-state index contributed by atoms with van der Waals surface area (Å²) in [6.07, 6.45) is 3.86. The number of para-hydroxylation sites is 1. The van der Waals surface area contributed by atoms with E-state index >= 15 is 0 Å². The van der Waals surface area contributed by atoms with Gasteiger partial charge in [-0.3, -0.25) is 4.79 Å². The van der Waals surface area contributed by atoms with Crippen LogP contribution in [0, 0.1) is 5.92 Å². The van der Waals surface area contributed by atoms with Crippen LogP contribution in [0.4, 0.5) is 0 Å². The molecule has 4 nitrogen and oxygen atoms in total. The molecule has 1 aromatic carbocycles. The van der Waals surface area contributed by atoms with Gasteiger partial charge in [0, 0.05) is 18.5 Å². The lowest BCUT2D eigenvalue weighted by atomic mass is 10.1. The lowest BCUT2D eigenvalue weighted by molar-refractivity contribution is -0.125. The Morgan fingerprint density at radius 3 is 2.62 bits per heavy atom. The lowest BCUT2D eigenvalue weighted by Gasteiger charge is -2.19. The van der Waals surface area contributed by atoms with E-state index in [9.17, 15) is 4.79 Å². The van der Waals surface area contributed by atoms with Gasteiger partial charge < -0.3 is 15.8 Å². The van der Waals surface area contributed by atoms with Crippen molar-refractivity contribution in [1.82, 2.24) is 5.32 Å². The SMILES string of the molecule is CCCCC(CN)NC(=O)C(C)CCOc1ccccc1. The van der Waals surface area contributed by atoms with Crippen LogP contribution in [0.3, 0.4) is 0 Å². The molecule has 4 heteroatoms. The van der Waals surface area contributed by atoms with E-state index in [1.165, 1.54) is 0 Å². The second-order valence-electron chi connectivity index (χ2n) is 5.43. The average molecular weight is 292 g/mol. The Kier molecular flexibility index (Phi) is 8.51. The number of nitrogens with one attached hydrogen (secondary N) is 1. The summed E-state index contributed by atoms with van der Waals surface area (Å²) in [5, 5.41) is 3.03. The van der Waals surface area contributed by atoms with E-state index < -0.39 is 0 Å². The third-order valence-electron chi connectivity index (χ3n) is 3.55. The molecule has 1 aromatic rings. The standard InChI is InChI=1S/C17H28N2O2/c1-3-4-8-15(13-18)19-17(20)14(2)11-12-21-16-9-6-5-7-10-16/h5-7,9-10,14-15H,3-4,8,11-13,18H2,1-2H3,(H,19,20). The number of carbonyl (C=O) groups is 1. The zero-order chi connectivity index (χ0) is 15.5. The molecule has 0 aliphatic rings. The fourth-order valence-electron chi connectivity index (χ4n) is 2.04. The Balaban J connectivity index is 2.27. The smallest absolute Gasteiger partial charge is 0.223 e. The van der Waals surface area contributed by atoms with Crippen molar-refractivity contribution in [1.29, 1.82) is 0 Å². The molecule has 0 aliphatic heterocycles. The number of nitrogens with two attached hydrogens (primary N) is 1. The van der Waals surface area contributed by atoms with Gasteiger partial charge in [-0.25, -0.2) is 0 Å². The predicted octanol–water partition coefficient (Wildman–Crippen LogP) is 2.73. The molecule has 1 rings (SSSR count). The number of benzene rings is 1. The van der Waals surface area contributed by atoms with Crippen molar-refractivity contribution >= 4 is 5.91 Å². The van der Waals surface area contributed by atoms with Crippen molar-refractivity contribution < 1.29 is 9.53 Å². The summed E-state index contributed by atoms with van der Waals surface area (Å²) in [6.45, 7) is 5.11. The van der Waals surface area contributed by atoms with Gasteiger partial charge in [0.15, 0.2) is 0 Å². The van der Waals surface area contributed by atoms with Gasteiger partial charge in [-0.15, -0.1) is 0 Å². The van der Waals surface area contributed by atoms with Crippen molar-refractivity contribution in [2.24, 2.45) is 11.7 Å². The summed E-state index contributed by atoms with van der Waals surface area (Å²) in [5.74, 6) is 0.843. The van der Waals surface area contributed by atoms with Crippen LogP contribution >= 0.6 is 0 Å². The Morgan fingerprint density at radius 2 is 2.00 bits per heavy atom. The van der Waals surface area contributed by atoms with E-state index in [0.29, 0.717) is 19.6 Å². The molecule has 0 saturated heterocycles. The molecule has 3 N–H and O–H groups in total. The van der Waals surface area contributed by atoms with Gasteiger partial charge in [-0.2, -0.15) is 0 Å². The fourth-order valence-corrected chi connectivity index (χ4v) is 2.04. The first-order chi connectivity index (χ1) is 10.2. The Bertz CT molecular complexity index is 395. The normalized spacial score (nSPS) is 13.5. The quantitative estimate of drug-likeness (QED) is 0.697. The summed E-state index contributed by atoms with van der Waals surface area (Å²) in [7, 11) is 0. The third kappa shape index (κ3) is 7.14. The minimum absolute atomic E-state index is 0.0654. The highest BCUT2D eigenvalue weighted by atomic mass is 16.5. The minimum Gasteiger partial charge on any atom is -0.494 e. The second-order valence-corrected chi connectivity index (χ2v) is 5.43. The van der Waals surface area contributed by atoms with Crippen molar-refractivity contribution in [2.45, 2.75) is 45.6 Å². The van der Waals surface area contributed by atoms with Crippen LogP contribution in [0.2, 0.25) is 0 Å². The summed E-state index contributed by atoms with van der Waals surface area (Å²) in [4.78, 5) is 12.1. The molecule has 0 saturated carbocycles. The molecule has 21 heavy (non-hydrogen) atoms. The zero-order valence-electron chi connectivity index (χ0n) is 13.2. The summed E-state index contributed by atoms with van der Waals surface area (Å²) < 4.78 is 5.62. The minimum atomic E-state index is -0.0654. The van der Waals surface area contributed by atoms with Gasteiger partial charge in [-0.1, -0.05) is 44.9 Å². The molecule has 0 bridgehead atoms. The molecule has 0 radical (unpaired) electrons. The van der Waals surface area contributed by atoms with Crippen molar-refractivity contribution in [3.05, 3.63) is 30.3 Å². The van der Waals surface area contributed by atoms with E-state index in [1.807, 2.05) is 37.3 Å². The highest BCUT2D eigenvalue weighted by Crippen LogP contribution is 2.11. The average Bonchev–Trinajstić information content (AvgIpc) is 2.52. The maximum atomic E-state index is 12.1. The fraction of sp³-hybridized carbons (Fsp3) is 0.588. The molecule has 1 amide bonds. The first kappa shape index (κ1) is 17.5.